The maximum atomic E-state index is 11.3. The predicted octanol–water partition coefficient (Wildman–Crippen LogP) is 2.65. The van der Waals surface area contributed by atoms with Crippen molar-refractivity contribution in [3.05, 3.63) is 28.2 Å². The first-order chi connectivity index (χ1) is 9.45. The fourth-order valence-electron chi connectivity index (χ4n) is 2.07. The quantitative estimate of drug-likeness (QED) is 0.714. The first-order valence-corrected chi connectivity index (χ1v) is 7.79. The van der Waals surface area contributed by atoms with E-state index in [0.29, 0.717) is 0 Å². The smallest absolute Gasteiger partial charge is 0.236 e. The van der Waals surface area contributed by atoms with E-state index in [1.165, 1.54) is 5.56 Å². The Bertz CT molecular complexity index is 449. The molecule has 1 aromatic rings. The van der Waals surface area contributed by atoms with Gasteiger partial charge in [-0.2, -0.15) is 0 Å². The van der Waals surface area contributed by atoms with E-state index in [4.69, 9.17) is 5.73 Å². The summed E-state index contributed by atoms with van der Waals surface area (Å²) in [4.78, 5) is 13.3. The zero-order valence-corrected chi connectivity index (χ0v) is 14.0. The van der Waals surface area contributed by atoms with Crippen LogP contribution in [0.1, 0.15) is 32.8 Å². The van der Waals surface area contributed by atoms with Crippen LogP contribution in [-0.4, -0.2) is 25.0 Å². The Morgan fingerprint density at radius 3 is 2.70 bits per heavy atom. The number of rotatable bonds is 8. The van der Waals surface area contributed by atoms with Crippen molar-refractivity contribution in [1.29, 1.82) is 0 Å². The Labute approximate surface area is 129 Å². The van der Waals surface area contributed by atoms with Gasteiger partial charge in [-0.15, -0.1) is 0 Å². The van der Waals surface area contributed by atoms with Gasteiger partial charge in [0.05, 0.1) is 6.54 Å². The molecule has 0 saturated heterocycles. The van der Waals surface area contributed by atoms with E-state index < -0.39 is 0 Å². The minimum Gasteiger partial charge on any atom is -0.368 e. The molecular weight excluding hydrogens is 318 g/mol. The summed E-state index contributed by atoms with van der Waals surface area (Å²) in [5, 5.41) is 3.40. The number of hydrogen-bond donors (Lipinski definition) is 2. The number of nitrogens with zero attached hydrogens (tertiary/aromatic N) is 1. The van der Waals surface area contributed by atoms with Gasteiger partial charge in [-0.05, 0) is 44.5 Å². The molecule has 1 aromatic carbocycles. The van der Waals surface area contributed by atoms with Crippen molar-refractivity contribution in [1.82, 2.24) is 5.32 Å². The molecule has 0 atom stereocenters. The van der Waals surface area contributed by atoms with Crippen LogP contribution in [0.4, 0.5) is 5.69 Å². The highest BCUT2D eigenvalue weighted by Crippen LogP contribution is 2.26. The second-order valence-corrected chi connectivity index (χ2v) is 6.05. The largest absolute Gasteiger partial charge is 0.368 e. The molecule has 0 aliphatic carbocycles. The van der Waals surface area contributed by atoms with Crippen LogP contribution < -0.4 is 16.0 Å². The molecule has 0 bridgehead atoms. The number of primary amides is 1. The molecule has 0 fully saturated rings. The fraction of sp³-hybridized carbons (Fsp3) is 0.533. The molecule has 0 spiro atoms. The molecule has 112 valence electrons. The number of carbonyl (C=O) groups excluding carboxylic acids is 1. The summed E-state index contributed by atoms with van der Waals surface area (Å²) in [6.45, 7) is 8.27. The van der Waals surface area contributed by atoms with Crippen LogP contribution in [-0.2, 0) is 11.3 Å². The molecule has 5 heteroatoms. The van der Waals surface area contributed by atoms with E-state index in [9.17, 15) is 4.79 Å². The van der Waals surface area contributed by atoms with Gasteiger partial charge in [-0.3, -0.25) is 4.79 Å². The van der Waals surface area contributed by atoms with Gasteiger partial charge >= 0.3 is 0 Å². The summed E-state index contributed by atoms with van der Waals surface area (Å²) < 4.78 is 1.00. The highest BCUT2D eigenvalue weighted by Gasteiger charge is 2.16. The van der Waals surface area contributed by atoms with Crippen LogP contribution in [0.3, 0.4) is 0 Å². The maximum absolute atomic E-state index is 11.3. The Hall–Kier alpha value is -1.07. The molecule has 0 aliphatic heterocycles. The third kappa shape index (κ3) is 5.13. The van der Waals surface area contributed by atoms with Crippen LogP contribution in [0.25, 0.3) is 0 Å². The van der Waals surface area contributed by atoms with Crippen LogP contribution >= 0.6 is 15.9 Å². The molecule has 0 saturated carbocycles. The lowest BCUT2D eigenvalue weighted by Gasteiger charge is -2.30. The van der Waals surface area contributed by atoms with Crippen molar-refractivity contribution >= 4 is 27.5 Å². The summed E-state index contributed by atoms with van der Waals surface area (Å²) in [7, 11) is 0. The average Bonchev–Trinajstić information content (AvgIpc) is 2.37. The van der Waals surface area contributed by atoms with Gasteiger partial charge < -0.3 is 16.0 Å². The first kappa shape index (κ1) is 17.0. The molecular formula is C15H24BrN3O. The molecule has 1 amide bonds. The van der Waals surface area contributed by atoms with Gasteiger partial charge in [0.2, 0.25) is 5.91 Å². The Morgan fingerprint density at radius 2 is 2.15 bits per heavy atom. The van der Waals surface area contributed by atoms with Crippen molar-refractivity contribution in [3.63, 3.8) is 0 Å². The molecule has 0 aromatic heterocycles. The maximum Gasteiger partial charge on any atom is 0.236 e. The summed E-state index contributed by atoms with van der Waals surface area (Å²) in [6, 6.07) is 6.36. The normalized spacial score (nSPS) is 10.8. The Balaban J connectivity index is 3.03. The lowest BCUT2D eigenvalue weighted by atomic mass is 10.1. The van der Waals surface area contributed by atoms with Gasteiger partial charge in [0.1, 0.15) is 0 Å². The summed E-state index contributed by atoms with van der Waals surface area (Å²) in [6.07, 6.45) is 1.10. The topological polar surface area (TPSA) is 58.4 Å². The van der Waals surface area contributed by atoms with Gasteiger partial charge in [0.25, 0.3) is 0 Å². The second kappa shape index (κ2) is 8.27. The van der Waals surface area contributed by atoms with E-state index in [-0.39, 0.29) is 18.5 Å². The molecule has 4 nitrogen and oxygen atoms in total. The number of hydrogen-bond acceptors (Lipinski definition) is 3. The first-order valence-electron chi connectivity index (χ1n) is 6.99. The zero-order chi connectivity index (χ0) is 15.1. The minimum atomic E-state index is -0.314. The summed E-state index contributed by atoms with van der Waals surface area (Å²) in [5.74, 6) is -0.314. The number of benzene rings is 1. The van der Waals surface area contributed by atoms with E-state index in [1.807, 2.05) is 17.0 Å². The zero-order valence-electron chi connectivity index (χ0n) is 12.4. The van der Waals surface area contributed by atoms with Crippen molar-refractivity contribution in [2.24, 2.45) is 5.73 Å². The number of nitrogens with one attached hydrogen (secondary N) is 1. The minimum absolute atomic E-state index is 0.210. The van der Waals surface area contributed by atoms with Gasteiger partial charge in [-0.1, -0.05) is 28.9 Å². The van der Waals surface area contributed by atoms with Gasteiger partial charge in [0, 0.05) is 22.7 Å². The van der Waals surface area contributed by atoms with Gasteiger partial charge in [-0.25, -0.2) is 0 Å². The monoisotopic (exact) mass is 341 g/mol. The molecule has 0 unspecified atom stereocenters. The average molecular weight is 342 g/mol. The molecule has 3 N–H and O–H groups in total. The van der Waals surface area contributed by atoms with Crippen LogP contribution in [0.5, 0.6) is 0 Å². The highest BCUT2D eigenvalue weighted by atomic mass is 79.9. The van der Waals surface area contributed by atoms with Crippen LogP contribution in [0, 0.1) is 0 Å². The summed E-state index contributed by atoms with van der Waals surface area (Å²) >= 11 is 3.50. The number of carbonyl (C=O) groups is 1. The molecule has 0 aliphatic rings. The Morgan fingerprint density at radius 1 is 1.45 bits per heavy atom. The van der Waals surface area contributed by atoms with Crippen LogP contribution in [0.2, 0.25) is 0 Å². The second-order valence-electron chi connectivity index (χ2n) is 5.14. The van der Waals surface area contributed by atoms with Gasteiger partial charge in [0.15, 0.2) is 0 Å². The van der Waals surface area contributed by atoms with Crippen LogP contribution in [0.15, 0.2) is 22.7 Å². The van der Waals surface area contributed by atoms with E-state index in [2.05, 4.69) is 48.1 Å². The lowest BCUT2D eigenvalue weighted by Crippen LogP contribution is -2.39. The number of amides is 1. The van der Waals surface area contributed by atoms with E-state index in [1.54, 1.807) is 0 Å². The number of nitrogens with two attached hydrogens (primary N) is 1. The Kier molecular flexibility index (Phi) is 7.02. The SMILES string of the molecule is CCCNCc1ccc(Br)cc1N(CC(N)=O)C(C)C. The standard InChI is InChI=1S/C15H24BrN3O/c1-4-7-18-9-12-5-6-13(16)8-14(12)19(11(2)3)10-15(17)20/h5-6,8,11,18H,4,7,9-10H2,1-3H3,(H2,17,20). The highest BCUT2D eigenvalue weighted by molar-refractivity contribution is 9.10. The van der Waals surface area contributed by atoms with Crippen molar-refractivity contribution in [2.75, 3.05) is 18.0 Å². The molecule has 1 rings (SSSR count). The van der Waals surface area contributed by atoms with E-state index >= 15 is 0 Å². The predicted molar refractivity (Wildman–Crippen MR) is 87.8 cm³/mol. The third-order valence-corrected chi connectivity index (χ3v) is 3.54. The lowest BCUT2D eigenvalue weighted by molar-refractivity contribution is -0.116. The van der Waals surface area contributed by atoms with Crippen molar-refractivity contribution in [3.8, 4) is 0 Å². The number of halogens is 1. The third-order valence-electron chi connectivity index (χ3n) is 3.05. The molecule has 0 heterocycles. The van der Waals surface area contributed by atoms with E-state index in [0.717, 1.165) is 29.7 Å². The van der Waals surface area contributed by atoms with Crippen molar-refractivity contribution in [2.45, 2.75) is 39.8 Å². The fourth-order valence-corrected chi connectivity index (χ4v) is 2.42. The molecule has 0 radical (unpaired) electrons. The summed E-state index contributed by atoms with van der Waals surface area (Å²) in [5.41, 5.74) is 7.60. The number of anilines is 1. The van der Waals surface area contributed by atoms with Crippen molar-refractivity contribution < 1.29 is 4.79 Å². The molecule has 20 heavy (non-hydrogen) atoms.